The Hall–Kier alpha value is -0.610. The number of nitrogens with two attached hydrogens (primary N) is 1. The molecule has 0 aromatic heterocycles. The van der Waals surface area contributed by atoms with Crippen molar-refractivity contribution in [1.29, 1.82) is 0 Å². The number of carbonyl (C=O) groups is 1. The van der Waals surface area contributed by atoms with E-state index in [1.807, 2.05) is 0 Å². The first-order valence-electron chi connectivity index (χ1n) is 9.72. The lowest BCUT2D eigenvalue weighted by atomic mass is 9.79. The quantitative estimate of drug-likeness (QED) is 0.635. The van der Waals surface area contributed by atoms with Crippen LogP contribution in [0.5, 0.6) is 0 Å². The van der Waals surface area contributed by atoms with Crippen molar-refractivity contribution in [1.82, 2.24) is 0 Å². The molecule has 0 bridgehead atoms. The predicted molar refractivity (Wildman–Crippen MR) is 92.1 cm³/mol. The monoisotopic (exact) mass is 325 g/mol. The first kappa shape index (κ1) is 18.7. The van der Waals surface area contributed by atoms with Crippen LogP contribution in [0.2, 0.25) is 0 Å². The van der Waals surface area contributed by atoms with E-state index >= 15 is 0 Å². The van der Waals surface area contributed by atoms with Gasteiger partial charge in [0.2, 0.25) is 0 Å². The molecule has 0 aromatic carbocycles. The Morgan fingerprint density at radius 2 is 1.39 bits per heavy atom. The summed E-state index contributed by atoms with van der Waals surface area (Å²) in [5.41, 5.74) is 6.19. The average Bonchev–Trinajstić information content (AvgIpc) is 2.56. The summed E-state index contributed by atoms with van der Waals surface area (Å²) in [6, 6.07) is -0.272. The number of carboxylic acid groups (broad SMARTS) is 1. The van der Waals surface area contributed by atoms with Crippen LogP contribution in [0.3, 0.4) is 0 Å². The van der Waals surface area contributed by atoms with Crippen LogP contribution in [0, 0.1) is 17.8 Å². The molecule has 3 atom stereocenters. The Morgan fingerprint density at radius 1 is 0.913 bits per heavy atom. The molecule has 0 aromatic rings. The Kier molecular flexibility index (Phi) is 7.84. The van der Waals surface area contributed by atoms with Crippen LogP contribution in [0.4, 0.5) is 0 Å². The zero-order valence-electron chi connectivity index (χ0n) is 14.5. The van der Waals surface area contributed by atoms with Crippen molar-refractivity contribution in [3.63, 3.8) is 0 Å². The minimum Gasteiger partial charge on any atom is -0.481 e. The summed E-state index contributed by atoms with van der Waals surface area (Å²) in [6.07, 6.45) is 13.5. The van der Waals surface area contributed by atoms with Gasteiger partial charge in [-0.2, -0.15) is 0 Å². The van der Waals surface area contributed by atoms with E-state index in [1.54, 1.807) is 0 Å². The van der Waals surface area contributed by atoms with Gasteiger partial charge in [-0.1, -0.05) is 64.2 Å². The molecule has 0 spiro atoms. The molecule has 0 saturated heterocycles. The van der Waals surface area contributed by atoms with Crippen LogP contribution in [0.25, 0.3) is 0 Å². The molecule has 4 N–H and O–H groups in total. The standard InChI is InChI=1S/C19H35NO3/c20-17(12-15-9-5-2-6-10-15)18(21)13-16(19(22)23)11-14-7-3-1-4-8-14/h14-18,21H,1-13,20H2,(H,22,23)/t16-,17+,18+/m1/s1. The molecular formula is C19H35NO3. The lowest BCUT2D eigenvalue weighted by Gasteiger charge is -2.29. The van der Waals surface area contributed by atoms with E-state index in [2.05, 4.69) is 0 Å². The Morgan fingerprint density at radius 3 is 1.87 bits per heavy atom. The minimum atomic E-state index is -0.764. The number of carboxylic acids is 1. The fourth-order valence-corrected chi connectivity index (χ4v) is 4.55. The second-order valence-electron chi connectivity index (χ2n) is 7.98. The Balaban J connectivity index is 1.78. The predicted octanol–water partition coefficient (Wildman–Crippen LogP) is 3.71. The van der Waals surface area contributed by atoms with Crippen LogP contribution in [0.1, 0.15) is 83.5 Å². The number of hydrogen-bond acceptors (Lipinski definition) is 3. The maximum Gasteiger partial charge on any atom is 0.306 e. The zero-order valence-corrected chi connectivity index (χ0v) is 14.5. The number of aliphatic carboxylic acids is 1. The third kappa shape index (κ3) is 6.42. The van der Waals surface area contributed by atoms with Crippen molar-refractivity contribution in [3.05, 3.63) is 0 Å². The van der Waals surface area contributed by atoms with Gasteiger partial charge in [-0.05, 0) is 31.1 Å². The van der Waals surface area contributed by atoms with Crippen molar-refractivity contribution >= 4 is 5.97 Å². The molecule has 2 fully saturated rings. The summed E-state index contributed by atoms with van der Waals surface area (Å²) in [7, 11) is 0. The van der Waals surface area contributed by atoms with E-state index < -0.39 is 18.0 Å². The third-order valence-electron chi connectivity index (χ3n) is 6.04. The molecule has 2 saturated carbocycles. The molecule has 23 heavy (non-hydrogen) atoms. The van der Waals surface area contributed by atoms with E-state index in [1.165, 1.54) is 51.4 Å². The zero-order chi connectivity index (χ0) is 16.7. The molecular weight excluding hydrogens is 290 g/mol. The lowest BCUT2D eigenvalue weighted by Crippen LogP contribution is -2.39. The number of rotatable bonds is 8. The summed E-state index contributed by atoms with van der Waals surface area (Å²) in [5.74, 6) is -0.0633. The highest BCUT2D eigenvalue weighted by Crippen LogP contribution is 2.32. The normalized spacial score (nSPS) is 25.0. The van der Waals surface area contributed by atoms with Gasteiger partial charge >= 0.3 is 5.97 Å². The minimum absolute atomic E-state index is 0.272. The third-order valence-corrected chi connectivity index (χ3v) is 6.04. The SMILES string of the molecule is N[C@@H](CC1CCCCC1)[C@@H](O)C[C@@H](CC1CCCCC1)C(=O)O. The molecule has 2 aliphatic carbocycles. The molecule has 0 radical (unpaired) electrons. The summed E-state index contributed by atoms with van der Waals surface area (Å²) in [4.78, 5) is 11.6. The Labute approximate surface area is 140 Å². The molecule has 134 valence electrons. The van der Waals surface area contributed by atoms with E-state index in [0.717, 1.165) is 19.3 Å². The van der Waals surface area contributed by atoms with E-state index in [-0.39, 0.29) is 6.04 Å². The van der Waals surface area contributed by atoms with Crippen molar-refractivity contribution in [2.24, 2.45) is 23.5 Å². The van der Waals surface area contributed by atoms with Gasteiger partial charge in [0.05, 0.1) is 12.0 Å². The summed E-state index contributed by atoms with van der Waals surface area (Å²) in [6.45, 7) is 0. The van der Waals surface area contributed by atoms with Crippen LogP contribution < -0.4 is 5.73 Å². The first-order chi connectivity index (χ1) is 11.1. The van der Waals surface area contributed by atoms with Gasteiger partial charge in [0.25, 0.3) is 0 Å². The molecule has 2 aliphatic rings. The molecule has 4 nitrogen and oxygen atoms in total. The van der Waals surface area contributed by atoms with Gasteiger partial charge in [0.15, 0.2) is 0 Å². The van der Waals surface area contributed by atoms with Crippen molar-refractivity contribution < 1.29 is 15.0 Å². The highest BCUT2D eigenvalue weighted by atomic mass is 16.4. The van der Waals surface area contributed by atoms with Gasteiger partial charge in [-0.25, -0.2) is 0 Å². The second kappa shape index (κ2) is 9.63. The van der Waals surface area contributed by atoms with Crippen LogP contribution in [-0.4, -0.2) is 28.3 Å². The maximum atomic E-state index is 11.6. The fourth-order valence-electron chi connectivity index (χ4n) is 4.55. The van der Waals surface area contributed by atoms with Crippen LogP contribution >= 0.6 is 0 Å². The molecule has 0 amide bonds. The maximum absolute atomic E-state index is 11.6. The van der Waals surface area contributed by atoms with Crippen molar-refractivity contribution in [2.75, 3.05) is 0 Å². The lowest BCUT2D eigenvalue weighted by molar-refractivity contribution is -0.143. The van der Waals surface area contributed by atoms with Crippen molar-refractivity contribution in [2.45, 2.75) is 95.6 Å². The van der Waals surface area contributed by atoms with Crippen LogP contribution in [0.15, 0.2) is 0 Å². The Bertz CT molecular complexity index is 349. The van der Waals surface area contributed by atoms with E-state index in [0.29, 0.717) is 24.7 Å². The first-order valence-corrected chi connectivity index (χ1v) is 9.72. The topological polar surface area (TPSA) is 83.5 Å². The van der Waals surface area contributed by atoms with Gasteiger partial charge < -0.3 is 15.9 Å². The van der Waals surface area contributed by atoms with E-state index in [4.69, 9.17) is 5.73 Å². The van der Waals surface area contributed by atoms with Gasteiger partial charge in [0, 0.05) is 6.04 Å². The number of hydrogen-bond donors (Lipinski definition) is 3. The smallest absolute Gasteiger partial charge is 0.306 e. The molecule has 0 unspecified atom stereocenters. The largest absolute Gasteiger partial charge is 0.481 e. The summed E-state index contributed by atoms with van der Waals surface area (Å²) in [5, 5.41) is 19.9. The highest BCUT2D eigenvalue weighted by molar-refractivity contribution is 5.70. The fraction of sp³-hybridized carbons (Fsp3) is 0.947. The molecule has 0 heterocycles. The van der Waals surface area contributed by atoms with Gasteiger partial charge in [0.1, 0.15) is 0 Å². The molecule has 4 heteroatoms. The second-order valence-corrected chi connectivity index (χ2v) is 7.98. The van der Waals surface area contributed by atoms with Crippen molar-refractivity contribution in [3.8, 4) is 0 Å². The molecule has 0 aliphatic heterocycles. The van der Waals surface area contributed by atoms with Crippen LogP contribution in [-0.2, 0) is 4.79 Å². The summed E-state index contributed by atoms with van der Waals surface area (Å²) >= 11 is 0. The number of aliphatic hydroxyl groups excluding tert-OH is 1. The van der Waals surface area contributed by atoms with Gasteiger partial charge in [-0.15, -0.1) is 0 Å². The van der Waals surface area contributed by atoms with Gasteiger partial charge in [-0.3, -0.25) is 4.79 Å². The summed E-state index contributed by atoms with van der Waals surface area (Å²) < 4.78 is 0. The average molecular weight is 325 g/mol. The highest BCUT2D eigenvalue weighted by Gasteiger charge is 2.29. The molecule has 2 rings (SSSR count). The number of aliphatic hydroxyl groups is 1. The van der Waals surface area contributed by atoms with E-state index in [9.17, 15) is 15.0 Å².